The fourth-order valence-corrected chi connectivity index (χ4v) is 2.16. The van der Waals surface area contributed by atoms with Crippen LogP contribution < -0.4 is 11.1 Å². The zero-order chi connectivity index (χ0) is 13.9. The van der Waals surface area contributed by atoms with Gasteiger partial charge in [0.2, 0.25) is 5.91 Å². The molecule has 0 saturated heterocycles. The highest BCUT2D eigenvalue weighted by atomic mass is 127. The van der Waals surface area contributed by atoms with Crippen LogP contribution >= 0.6 is 45.8 Å². The Morgan fingerprint density at radius 3 is 2.61 bits per heavy atom. The molecular weight excluding hydrogens is 394 g/mol. The van der Waals surface area contributed by atoms with Gasteiger partial charge in [-0.3, -0.25) is 9.59 Å². The van der Waals surface area contributed by atoms with Gasteiger partial charge in [0.15, 0.2) is 0 Å². The van der Waals surface area contributed by atoms with Crippen molar-refractivity contribution >= 4 is 57.6 Å². The van der Waals surface area contributed by atoms with Gasteiger partial charge in [0.1, 0.15) is 6.10 Å². The Balaban J connectivity index is 2.82. The van der Waals surface area contributed by atoms with Gasteiger partial charge < -0.3 is 16.2 Å². The molecule has 1 aromatic rings. The third kappa shape index (κ3) is 3.98. The van der Waals surface area contributed by atoms with Crippen molar-refractivity contribution < 1.29 is 14.7 Å². The van der Waals surface area contributed by atoms with Gasteiger partial charge in [0.05, 0.1) is 17.1 Å². The summed E-state index contributed by atoms with van der Waals surface area (Å²) in [5.41, 5.74) is 5.12. The summed E-state index contributed by atoms with van der Waals surface area (Å²) in [6.45, 7) is -0.269. The molecular formula is C10H9Cl2IN2O3. The number of carbonyl (C=O) groups is 2. The Morgan fingerprint density at radius 2 is 2.06 bits per heavy atom. The predicted octanol–water partition coefficient (Wildman–Crippen LogP) is 1.17. The highest BCUT2D eigenvalue weighted by Gasteiger charge is 2.16. The molecule has 98 valence electrons. The molecule has 1 rings (SSSR count). The van der Waals surface area contributed by atoms with Crippen molar-refractivity contribution in [3.05, 3.63) is 31.3 Å². The van der Waals surface area contributed by atoms with Crippen molar-refractivity contribution in [2.24, 2.45) is 5.73 Å². The Bertz CT molecular complexity index is 496. The lowest BCUT2D eigenvalue weighted by atomic mass is 10.2. The van der Waals surface area contributed by atoms with Crippen LogP contribution in [-0.2, 0) is 4.79 Å². The average Bonchev–Trinajstić information content (AvgIpc) is 2.29. The first kappa shape index (κ1) is 15.5. The lowest BCUT2D eigenvalue weighted by Crippen LogP contribution is -2.40. The van der Waals surface area contributed by atoms with Crippen LogP contribution in [0.3, 0.4) is 0 Å². The molecule has 5 nitrogen and oxygen atoms in total. The van der Waals surface area contributed by atoms with E-state index in [1.54, 1.807) is 0 Å². The molecule has 0 heterocycles. The van der Waals surface area contributed by atoms with E-state index in [4.69, 9.17) is 34.0 Å². The molecule has 8 heteroatoms. The molecule has 0 aliphatic rings. The third-order valence-electron chi connectivity index (χ3n) is 2.02. The summed E-state index contributed by atoms with van der Waals surface area (Å²) in [5.74, 6) is -1.40. The first-order valence-electron chi connectivity index (χ1n) is 4.73. The second kappa shape index (κ2) is 6.55. The van der Waals surface area contributed by atoms with Gasteiger partial charge in [-0.1, -0.05) is 23.2 Å². The average molecular weight is 403 g/mol. The molecule has 0 fully saturated rings. The fourth-order valence-electron chi connectivity index (χ4n) is 1.11. The van der Waals surface area contributed by atoms with E-state index in [1.165, 1.54) is 12.1 Å². The number of carbonyl (C=O) groups excluding carboxylic acids is 2. The van der Waals surface area contributed by atoms with E-state index < -0.39 is 17.9 Å². The first-order valence-corrected chi connectivity index (χ1v) is 6.56. The quantitative estimate of drug-likeness (QED) is 0.521. The molecule has 18 heavy (non-hydrogen) atoms. The number of hydrogen-bond donors (Lipinski definition) is 3. The number of amides is 2. The molecule has 0 radical (unpaired) electrons. The summed E-state index contributed by atoms with van der Waals surface area (Å²) in [4.78, 5) is 22.4. The predicted molar refractivity (Wildman–Crippen MR) is 76.7 cm³/mol. The van der Waals surface area contributed by atoms with E-state index in [2.05, 4.69) is 5.32 Å². The van der Waals surface area contributed by atoms with Crippen LogP contribution in [0.1, 0.15) is 10.4 Å². The van der Waals surface area contributed by atoms with Crippen LogP contribution in [-0.4, -0.2) is 29.6 Å². The molecule has 2 amide bonds. The normalized spacial score (nSPS) is 12.0. The summed E-state index contributed by atoms with van der Waals surface area (Å²) < 4.78 is 0.532. The number of halogens is 3. The Morgan fingerprint density at radius 1 is 1.44 bits per heavy atom. The van der Waals surface area contributed by atoms with Crippen molar-refractivity contribution in [2.75, 3.05) is 6.54 Å². The van der Waals surface area contributed by atoms with Crippen molar-refractivity contribution in [2.45, 2.75) is 6.10 Å². The third-order valence-corrected chi connectivity index (χ3v) is 4.02. The summed E-state index contributed by atoms with van der Waals surface area (Å²) >= 11 is 13.6. The van der Waals surface area contributed by atoms with Gasteiger partial charge in [-0.25, -0.2) is 0 Å². The van der Waals surface area contributed by atoms with E-state index in [0.717, 1.165) is 0 Å². The fraction of sp³-hybridized carbons (Fsp3) is 0.200. The molecule has 0 aliphatic heterocycles. The number of aliphatic hydroxyl groups excluding tert-OH is 1. The highest BCUT2D eigenvalue weighted by Crippen LogP contribution is 2.26. The minimum atomic E-state index is -1.43. The summed E-state index contributed by atoms with van der Waals surface area (Å²) in [7, 11) is 0. The van der Waals surface area contributed by atoms with Gasteiger partial charge in [0, 0.05) is 8.59 Å². The lowest BCUT2D eigenvalue weighted by molar-refractivity contribution is -0.125. The molecule has 1 unspecified atom stereocenters. The van der Waals surface area contributed by atoms with Gasteiger partial charge in [0.25, 0.3) is 5.91 Å². The summed E-state index contributed by atoms with van der Waals surface area (Å²) in [6.07, 6.45) is -1.43. The molecule has 1 atom stereocenters. The summed E-state index contributed by atoms with van der Waals surface area (Å²) in [5, 5.41) is 12.2. The second-order valence-corrected chi connectivity index (χ2v) is 5.30. The van der Waals surface area contributed by atoms with E-state index in [0.29, 0.717) is 13.6 Å². The Kier molecular flexibility index (Phi) is 5.64. The zero-order valence-corrected chi connectivity index (χ0v) is 12.6. The van der Waals surface area contributed by atoms with Crippen LogP contribution in [0.5, 0.6) is 0 Å². The van der Waals surface area contributed by atoms with E-state index in [-0.39, 0.29) is 12.1 Å². The van der Waals surface area contributed by atoms with E-state index >= 15 is 0 Å². The number of rotatable bonds is 4. The zero-order valence-electron chi connectivity index (χ0n) is 8.91. The molecule has 4 N–H and O–H groups in total. The number of aliphatic hydroxyl groups is 1. The highest BCUT2D eigenvalue weighted by molar-refractivity contribution is 14.1. The van der Waals surface area contributed by atoms with E-state index in [1.807, 2.05) is 22.6 Å². The monoisotopic (exact) mass is 402 g/mol. The molecule has 0 bridgehead atoms. The second-order valence-electron chi connectivity index (χ2n) is 3.38. The van der Waals surface area contributed by atoms with Crippen LogP contribution in [0.4, 0.5) is 0 Å². The SMILES string of the molecule is NC(=O)C(O)CNC(=O)c1cc(Cl)cc(Cl)c1I. The first-order chi connectivity index (χ1) is 8.32. The standard InChI is InChI=1S/C10H9Cl2IN2O3/c11-4-1-5(8(13)6(12)2-4)10(18)15-3-7(16)9(14)17/h1-2,7,16H,3H2,(H2,14,17)(H,15,18). The topological polar surface area (TPSA) is 92.4 Å². The minimum absolute atomic E-state index is 0.268. The Labute approximate surface area is 127 Å². The van der Waals surface area contributed by atoms with Crippen molar-refractivity contribution in [1.29, 1.82) is 0 Å². The lowest BCUT2D eigenvalue weighted by Gasteiger charge is -2.10. The number of hydrogen-bond acceptors (Lipinski definition) is 3. The smallest absolute Gasteiger partial charge is 0.252 e. The maximum absolute atomic E-state index is 11.8. The van der Waals surface area contributed by atoms with E-state index in [9.17, 15) is 9.59 Å². The van der Waals surface area contributed by atoms with Gasteiger partial charge in [-0.05, 0) is 34.7 Å². The number of nitrogens with two attached hydrogens (primary N) is 1. The molecule has 0 aromatic heterocycles. The van der Waals surface area contributed by atoms with Crippen LogP contribution in [0, 0.1) is 3.57 Å². The van der Waals surface area contributed by atoms with Crippen LogP contribution in [0.25, 0.3) is 0 Å². The van der Waals surface area contributed by atoms with Crippen molar-refractivity contribution in [3.63, 3.8) is 0 Å². The maximum atomic E-state index is 11.8. The van der Waals surface area contributed by atoms with Gasteiger partial charge >= 0.3 is 0 Å². The summed E-state index contributed by atoms with van der Waals surface area (Å²) in [6, 6.07) is 2.96. The number of benzene rings is 1. The maximum Gasteiger partial charge on any atom is 0.252 e. The largest absolute Gasteiger partial charge is 0.381 e. The van der Waals surface area contributed by atoms with Gasteiger partial charge in [-0.15, -0.1) is 0 Å². The Hall–Kier alpha value is -0.570. The van der Waals surface area contributed by atoms with Gasteiger partial charge in [-0.2, -0.15) is 0 Å². The number of primary amides is 1. The molecule has 1 aromatic carbocycles. The van der Waals surface area contributed by atoms with Crippen LogP contribution in [0.2, 0.25) is 10.0 Å². The van der Waals surface area contributed by atoms with Crippen molar-refractivity contribution in [1.82, 2.24) is 5.32 Å². The number of nitrogens with one attached hydrogen (secondary N) is 1. The molecule has 0 spiro atoms. The van der Waals surface area contributed by atoms with Crippen molar-refractivity contribution in [3.8, 4) is 0 Å². The molecule has 0 saturated carbocycles. The molecule has 0 aliphatic carbocycles. The minimum Gasteiger partial charge on any atom is -0.381 e. The van der Waals surface area contributed by atoms with Crippen LogP contribution in [0.15, 0.2) is 12.1 Å².